The smallest absolute Gasteiger partial charge is 0.244 e. The van der Waals surface area contributed by atoms with Gasteiger partial charge < -0.3 is 4.74 Å². The third-order valence-electron chi connectivity index (χ3n) is 2.78. The third kappa shape index (κ3) is 3.34. The highest BCUT2D eigenvalue weighted by Crippen LogP contribution is 2.24. The number of ether oxygens (including phenoxy) is 1. The van der Waals surface area contributed by atoms with Crippen molar-refractivity contribution in [1.82, 2.24) is 9.71 Å². The summed E-state index contributed by atoms with van der Waals surface area (Å²) in [6.07, 6.45) is 1.62. The molecule has 0 aliphatic carbocycles. The number of rotatable bonds is 5. The van der Waals surface area contributed by atoms with Crippen LogP contribution in [0.2, 0.25) is 0 Å². The lowest BCUT2D eigenvalue weighted by Gasteiger charge is -2.11. The number of hydrogen-bond donors (Lipinski definition) is 1. The highest BCUT2D eigenvalue weighted by Gasteiger charge is 2.19. The minimum absolute atomic E-state index is 0.135. The van der Waals surface area contributed by atoms with E-state index < -0.39 is 10.0 Å². The quantitative estimate of drug-likeness (QED) is 0.913. The molecule has 2 rings (SSSR count). The van der Waals surface area contributed by atoms with E-state index in [0.717, 1.165) is 5.56 Å². The molecule has 0 aliphatic rings. The Balaban J connectivity index is 2.24. The van der Waals surface area contributed by atoms with Crippen LogP contribution in [0.25, 0.3) is 0 Å². The highest BCUT2D eigenvalue weighted by molar-refractivity contribution is 7.89. The number of pyridine rings is 1. The summed E-state index contributed by atoms with van der Waals surface area (Å²) in [6.45, 7) is 1.97. The summed E-state index contributed by atoms with van der Waals surface area (Å²) in [5, 5.41) is 0. The number of aromatic nitrogens is 1. The molecule has 0 amide bonds. The largest absolute Gasteiger partial charge is 0.495 e. The Kier molecular flexibility index (Phi) is 4.36. The van der Waals surface area contributed by atoms with Crippen LogP contribution in [0.1, 0.15) is 11.3 Å². The Hall–Kier alpha value is -1.92. The zero-order valence-electron chi connectivity index (χ0n) is 11.3. The highest BCUT2D eigenvalue weighted by atomic mass is 32.2. The molecule has 0 aliphatic heterocycles. The molecule has 1 heterocycles. The fraction of sp³-hybridized carbons (Fsp3) is 0.214. The first-order valence-electron chi connectivity index (χ1n) is 6.07. The lowest BCUT2D eigenvalue weighted by atomic mass is 10.2. The van der Waals surface area contributed by atoms with Crippen molar-refractivity contribution >= 4 is 10.0 Å². The van der Waals surface area contributed by atoms with E-state index in [1.54, 1.807) is 36.5 Å². The van der Waals surface area contributed by atoms with E-state index in [1.165, 1.54) is 7.11 Å². The second-order valence-corrected chi connectivity index (χ2v) is 6.04. The van der Waals surface area contributed by atoms with Gasteiger partial charge in [0.05, 0.1) is 19.3 Å². The van der Waals surface area contributed by atoms with E-state index in [-0.39, 0.29) is 11.4 Å². The topological polar surface area (TPSA) is 68.3 Å². The van der Waals surface area contributed by atoms with Crippen molar-refractivity contribution in [1.29, 1.82) is 0 Å². The summed E-state index contributed by atoms with van der Waals surface area (Å²) in [7, 11) is -2.19. The van der Waals surface area contributed by atoms with E-state index in [1.807, 2.05) is 13.0 Å². The lowest BCUT2D eigenvalue weighted by molar-refractivity contribution is 0.402. The van der Waals surface area contributed by atoms with Crippen LogP contribution in [0.15, 0.2) is 47.5 Å². The summed E-state index contributed by atoms with van der Waals surface area (Å²) in [6, 6.07) is 10.4. The molecule has 20 heavy (non-hydrogen) atoms. The molecule has 1 N–H and O–H groups in total. The Labute approximate surface area is 118 Å². The Bertz CT molecular complexity index is 685. The number of methoxy groups -OCH3 is 1. The van der Waals surface area contributed by atoms with Gasteiger partial charge >= 0.3 is 0 Å². The average molecular weight is 292 g/mol. The number of sulfonamides is 1. The zero-order valence-corrected chi connectivity index (χ0v) is 12.1. The van der Waals surface area contributed by atoms with Crippen LogP contribution in [-0.4, -0.2) is 20.5 Å². The van der Waals surface area contributed by atoms with Crippen LogP contribution in [0, 0.1) is 6.92 Å². The van der Waals surface area contributed by atoms with E-state index in [2.05, 4.69) is 9.71 Å². The van der Waals surface area contributed by atoms with E-state index in [4.69, 9.17) is 4.74 Å². The molecule has 106 valence electrons. The first-order valence-corrected chi connectivity index (χ1v) is 7.55. The molecule has 6 heteroatoms. The number of nitrogens with zero attached hydrogens (tertiary/aromatic N) is 1. The molecule has 0 saturated carbocycles. The van der Waals surface area contributed by atoms with Gasteiger partial charge in [-0.15, -0.1) is 0 Å². The van der Waals surface area contributed by atoms with Crippen LogP contribution in [0.3, 0.4) is 0 Å². The minimum Gasteiger partial charge on any atom is -0.495 e. The maximum absolute atomic E-state index is 12.3. The summed E-state index contributed by atoms with van der Waals surface area (Å²) in [4.78, 5) is 4.21. The van der Waals surface area contributed by atoms with E-state index in [0.29, 0.717) is 11.4 Å². The molecule has 0 bridgehead atoms. The summed E-state index contributed by atoms with van der Waals surface area (Å²) < 4.78 is 32.3. The molecule has 2 aromatic rings. The van der Waals surface area contributed by atoms with Crippen molar-refractivity contribution in [2.75, 3.05) is 7.11 Å². The fourth-order valence-electron chi connectivity index (χ4n) is 1.74. The van der Waals surface area contributed by atoms with Gasteiger partial charge in [-0.2, -0.15) is 0 Å². The average Bonchev–Trinajstić information content (AvgIpc) is 2.46. The maximum atomic E-state index is 12.3. The zero-order chi connectivity index (χ0) is 14.6. The molecule has 0 radical (unpaired) electrons. The van der Waals surface area contributed by atoms with Crippen molar-refractivity contribution in [3.63, 3.8) is 0 Å². The van der Waals surface area contributed by atoms with Gasteiger partial charge in [-0.3, -0.25) is 4.98 Å². The normalized spacial score (nSPS) is 11.3. The van der Waals surface area contributed by atoms with Gasteiger partial charge in [-0.1, -0.05) is 12.1 Å². The van der Waals surface area contributed by atoms with Gasteiger partial charge in [-0.05, 0) is 36.8 Å². The number of benzene rings is 1. The van der Waals surface area contributed by atoms with E-state index >= 15 is 0 Å². The molecule has 0 saturated heterocycles. The molecule has 5 nitrogen and oxygen atoms in total. The van der Waals surface area contributed by atoms with Crippen molar-refractivity contribution in [2.24, 2.45) is 0 Å². The second-order valence-electron chi connectivity index (χ2n) is 4.30. The second kappa shape index (κ2) is 6.02. The number of hydrogen-bond acceptors (Lipinski definition) is 4. The summed E-state index contributed by atoms with van der Waals surface area (Å²) in [5.41, 5.74) is 1.51. The summed E-state index contributed by atoms with van der Waals surface area (Å²) >= 11 is 0. The Morgan fingerprint density at radius 1 is 1.25 bits per heavy atom. The third-order valence-corrected chi connectivity index (χ3v) is 4.20. The predicted octanol–water partition coefficient (Wildman–Crippen LogP) is 1.88. The molecule has 0 unspecified atom stereocenters. The Morgan fingerprint density at radius 3 is 2.70 bits per heavy atom. The molecule has 0 atom stereocenters. The minimum atomic E-state index is -3.64. The van der Waals surface area contributed by atoms with Crippen molar-refractivity contribution in [2.45, 2.75) is 18.4 Å². The van der Waals surface area contributed by atoms with E-state index in [9.17, 15) is 8.42 Å². The van der Waals surface area contributed by atoms with Crippen LogP contribution in [0.4, 0.5) is 0 Å². The van der Waals surface area contributed by atoms with Gasteiger partial charge in [0.15, 0.2) is 0 Å². The number of nitrogens with one attached hydrogen (secondary N) is 1. The Morgan fingerprint density at radius 2 is 2.05 bits per heavy atom. The molecule has 0 spiro atoms. The molecular weight excluding hydrogens is 276 g/mol. The maximum Gasteiger partial charge on any atom is 0.244 e. The van der Waals surface area contributed by atoms with Crippen molar-refractivity contribution < 1.29 is 13.2 Å². The van der Waals surface area contributed by atoms with Crippen LogP contribution in [0.5, 0.6) is 5.75 Å². The fourth-order valence-corrected chi connectivity index (χ4v) is 2.99. The molecule has 1 aromatic heterocycles. The molecule has 0 fully saturated rings. The van der Waals surface area contributed by atoms with Crippen molar-refractivity contribution in [3.05, 3.63) is 53.9 Å². The molecule has 1 aromatic carbocycles. The number of aryl methyl sites for hydroxylation is 1. The standard InChI is InChI=1S/C14H16N2O3S/c1-11-6-7-13(19-2)14(9-11)20(17,18)16-10-12-5-3-4-8-15-12/h3-9,16H,10H2,1-2H3. The lowest BCUT2D eigenvalue weighted by Crippen LogP contribution is -2.24. The van der Waals surface area contributed by atoms with Crippen LogP contribution < -0.4 is 9.46 Å². The van der Waals surface area contributed by atoms with Gasteiger partial charge in [0.2, 0.25) is 10.0 Å². The van der Waals surface area contributed by atoms with Gasteiger partial charge in [-0.25, -0.2) is 13.1 Å². The monoisotopic (exact) mass is 292 g/mol. The SMILES string of the molecule is COc1ccc(C)cc1S(=O)(=O)NCc1ccccn1. The molecular formula is C14H16N2O3S. The van der Waals surface area contributed by atoms with Gasteiger partial charge in [0, 0.05) is 6.20 Å². The predicted molar refractivity (Wildman–Crippen MR) is 76.0 cm³/mol. The van der Waals surface area contributed by atoms with Crippen molar-refractivity contribution in [3.8, 4) is 5.75 Å². The summed E-state index contributed by atoms with van der Waals surface area (Å²) in [5.74, 6) is 0.323. The van der Waals surface area contributed by atoms with Crippen LogP contribution >= 0.6 is 0 Å². The first kappa shape index (κ1) is 14.5. The van der Waals surface area contributed by atoms with Gasteiger partial charge in [0.1, 0.15) is 10.6 Å². The van der Waals surface area contributed by atoms with Gasteiger partial charge in [0.25, 0.3) is 0 Å². The first-order chi connectivity index (χ1) is 9.53. The van der Waals surface area contributed by atoms with Crippen LogP contribution in [-0.2, 0) is 16.6 Å².